The first kappa shape index (κ1) is 19.9. The number of aliphatic imine (C=N–C) groups is 1. The Bertz CT molecular complexity index is 324. The Morgan fingerprint density at radius 3 is 2.40 bits per heavy atom. The first-order valence-corrected chi connectivity index (χ1v) is 6.92. The molecule has 120 valence electrons. The highest BCUT2D eigenvalue weighted by molar-refractivity contribution is 14.0. The number of guanidine groups is 1. The molecule has 1 aliphatic carbocycles. The molecule has 1 aliphatic rings. The highest BCUT2D eigenvalue weighted by Gasteiger charge is 2.57. The van der Waals surface area contributed by atoms with E-state index < -0.39 is 0 Å². The van der Waals surface area contributed by atoms with Crippen molar-refractivity contribution in [3.05, 3.63) is 0 Å². The van der Waals surface area contributed by atoms with E-state index in [0.717, 1.165) is 32.0 Å². The molecule has 0 heterocycles. The standard InChI is InChI=1S/C14H29N3O2.HI/c1-13(2)11(10-14(13,3)19-6)17-12(15-4)16-8-7-9-18-5;/h11H,7-10H2,1-6H3,(H2,15,16,17);1H. The summed E-state index contributed by atoms with van der Waals surface area (Å²) >= 11 is 0. The number of hydrogen-bond acceptors (Lipinski definition) is 3. The van der Waals surface area contributed by atoms with Crippen LogP contribution < -0.4 is 10.6 Å². The molecule has 0 bridgehead atoms. The van der Waals surface area contributed by atoms with E-state index in [4.69, 9.17) is 9.47 Å². The Balaban J connectivity index is 0.00000361. The zero-order valence-electron chi connectivity index (χ0n) is 13.6. The first-order chi connectivity index (χ1) is 8.91. The summed E-state index contributed by atoms with van der Waals surface area (Å²) in [7, 11) is 5.30. The highest BCUT2D eigenvalue weighted by atomic mass is 127. The third-order valence-corrected chi connectivity index (χ3v) is 4.63. The molecule has 2 unspecified atom stereocenters. The largest absolute Gasteiger partial charge is 0.385 e. The molecule has 1 rings (SSSR count). The summed E-state index contributed by atoms with van der Waals surface area (Å²) in [6, 6.07) is 0.381. The summed E-state index contributed by atoms with van der Waals surface area (Å²) in [4.78, 5) is 4.26. The normalized spacial score (nSPS) is 28.3. The second kappa shape index (κ2) is 8.38. The summed E-state index contributed by atoms with van der Waals surface area (Å²) in [5.41, 5.74) is 0.0332. The Labute approximate surface area is 140 Å². The van der Waals surface area contributed by atoms with Crippen LogP contribution >= 0.6 is 24.0 Å². The number of ether oxygens (including phenoxy) is 2. The molecule has 2 atom stereocenters. The summed E-state index contributed by atoms with van der Waals surface area (Å²) in [5.74, 6) is 0.854. The molecule has 1 fully saturated rings. The van der Waals surface area contributed by atoms with Crippen molar-refractivity contribution in [2.75, 3.05) is 34.4 Å². The Hall–Kier alpha value is -0.0800. The molecular formula is C14H30IN3O2. The Morgan fingerprint density at radius 2 is 1.95 bits per heavy atom. The third kappa shape index (κ3) is 4.21. The van der Waals surface area contributed by atoms with Crippen LogP contribution in [0.2, 0.25) is 0 Å². The van der Waals surface area contributed by atoms with Gasteiger partial charge >= 0.3 is 0 Å². The lowest BCUT2D eigenvalue weighted by Gasteiger charge is -2.59. The molecule has 0 aromatic carbocycles. The van der Waals surface area contributed by atoms with E-state index in [1.54, 1.807) is 21.3 Å². The van der Waals surface area contributed by atoms with Gasteiger partial charge in [-0.05, 0) is 19.8 Å². The van der Waals surface area contributed by atoms with Crippen molar-refractivity contribution in [3.8, 4) is 0 Å². The molecule has 0 aromatic heterocycles. The fourth-order valence-electron chi connectivity index (χ4n) is 2.51. The van der Waals surface area contributed by atoms with Gasteiger partial charge in [0.1, 0.15) is 0 Å². The van der Waals surface area contributed by atoms with Gasteiger partial charge in [-0.15, -0.1) is 24.0 Å². The predicted molar refractivity (Wildman–Crippen MR) is 94.0 cm³/mol. The van der Waals surface area contributed by atoms with Gasteiger partial charge in [-0.2, -0.15) is 0 Å². The molecule has 0 saturated heterocycles. The number of nitrogens with zero attached hydrogens (tertiary/aromatic N) is 1. The Morgan fingerprint density at radius 1 is 1.30 bits per heavy atom. The first-order valence-electron chi connectivity index (χ1n) is 6.92. The number of rotatable bonds is 6. The highest BCUT2D eigenvalue weighted by Crippen LogP contribution is 2.51. The number of methoxy groups -OCH3 is 2. The van der Waals surface area contributed by atoms with Crippen LogP contribution in [0.25, 0.3) is 0 Å². The maximum absolute atomic E-state index is 5.63. The van der Waals surface area contributed by atoms with Gasteiger partial charge in [0, 0.05) is 45.9 Å². The molecule has 0 radical (unpaired) electrons. The second-order valence-corrected chi connectivity index (χ2v) is 5.90. The van der Waals surface area contributed by atoms with Crippen LogP contribution in [0.4, 0.5) is 0 Å². The van der Waals surface area contributed by atoms with E-state index in [1.807, 2.05) is 0 Å². The van der Waals surface area contributed by atoms with Crippen molar-refractivity contribution < 1.29 is 9.47 Å². The van der Waals surface area contributed by atoms with E-state index in [9.17, 15) is 0 Å². The van der Waals surface area contributed by atoms with Crippen LogP contribution in [-0.2, 0) is 9.47 Å². The average molecular weight is 399 g/mol. The lowest BCUT2D eigenvalue weighted by molar-refractivity contribution is -0.176. The summed E-state index contributed by atoms with van der Waals surface area (Å²) in [6.45, 7) is 8.26. The zero-order valence-corrected chi connectivity index (χ0v) is 15.9. The van der Waals surface area contributed by atoms with Crippen LogP contribution in [0.15, 0.2) is 4.99 Å². The number of nitrogens with one attached hydrogen (secondary N) is 2. The molecule has 6 heteroatoms. The second-order valence-electron chi connectivity index (χ2n) is 5.90. The lowest BCUT2D eigenvalue weighted by Crippen LogP contribution is -2.69. The van der Waals surface area contributed by atoms with Gasteiger partial charge < -0.3 is 20.1 Å². The summed E-state index contributed by atoms with van der Waals surface area (Å²) in [5, 5.41) is 6.78. The molecular weight excluding hydrogens is 369 g/mol. The molecule has 0 aliphatic heterocycles. The molecule has 0 amide bonds. The van der Waals surface area contributed by atoms with Crippen LogP contribution in [0.1, 0.15) is 33.6 Å². The third-order valence-electron chi connectivity index (χ3n) is 4.63. The van der Waals surface area contributed by atoms with Crippen molar-refractivity contribution in [2.45, 2.75) is 45.3 Å². The fourth-order valence-corrected chi connectivity index (χ4v) is 2.51. The summed E-state index contributed by atoms with van der Waals surface area (Å²) in [6.07, 6.45) is 1.97. The molecule has 0 spiro atoms. The predicted octanol–water partition coefficient (Wildman–Crippen LogP) is 2.01. The van der Waals surface area contributed by atoms with Gasteiger partial charge in [-0.25, -0.2) is 0 Å². The van der Waals surface area contributed by atoms with E-state index in [2.05, 4.69) is 36.4 Å². The monoisotopic (exact) mass is 399 g/mol. The Kier molecular flexibility index (Phi) is 8.35. The van der Waals surface area contributed by atoms with E-state index in [0.29, 0.717) is 6.04 Å². The molecule has 2 N–H and O–H groups in total. The van der Waals surface area contributed by atoms with Crippen LogP contribution in [0.3, 0.4) is 0 Å². The zero-order chi connectivity index (χ0) is 14.5. The molecule has 0 aromatic rings. The molecule has 1 saturated carbocycles. The summed E-state index contributed by atoms with van der Waals surface area (Å²) < 4.78 is 10.7. The molecule has 5 nitrogen and oxygen atoms in total. The van der Waals surface area contributed by atoms with Crippen LogP contribution in [0.5, 0.6) is 0 Å². The van der Waals surface area contributed by atoms with Crippen molar-refractivity contribution >= 4 is 29.9 Å². The maximum Gasteiger partial charge on any atom is 0.191 e. The molecule has 20 heavy (non-hydrogen) atoms. The van der Waals surface area contributed by atoms with Gasteiger partial charge in [0.05, 0.1) is 5.60 Å². The SMILES string of the molecule is CN=C(NCCCOC)NC1CC(C)(OC)C1(C)C.I. The van der Waals surface area contributed by atoms with Gasteiger partial charge in [-0.3, -0.25) is 4.99 Å². The number of hydrogen-bond donors (Lipinski definition) is 2. The minimum Gasteiger partial charge on any atom is -0.385 e. The van der Waals surface area contributed by atoms with E-state index in [1.165, 1.54) is 0 Å². The quantitative estimate of drug-likeness (QED) is 0.311. The van der Waals surface area contributed by atoms with Crippen molar-refractivity contribution in [1.29, 1.82) is 0 Å². The van der Waals surface area contributed by atoms with Gasteiger partial charge in [-0.1, -0.05) is 13.8 Å². The van der Waals surface area contributed by atoms with Crippen molar-refractivity contribution in [3.63, 3.8) is 0 Å². The van der Waals surface area contributed by atoms with Gasteiger partial charge in [0.2, 0.25) is 0 Å². The lowest BCUT2D eigenvalue weighted by atomic mass is 9.56. The average Bonchev–Trinajstić information content (AvgIpc) is 2.40. The van der Waals surface area contributed by atoms with Gasteiger partial charge in [0.15, 0.2) is 5.96 Å². The fraction of sp³-hybridized carbons (Fsp3) is 0.929. The van der Waals surface area contributed by atoms with Crippen molar-refractivity contribution in [1.82, 2.24) is 10.6 Å². The van der Waals surface area contributed by atoms with Crippen LogP contribution in [-0.4, -0.2) is 52.0 Å². The van der Waals surface area contributed by atoms with Crippen molar-refractivity contribution in [2.24, 2.45) is 10.4 Å². The van der Waals surface area contributed by atoms with E-state index in [-0.39, 0.29) is 35.0 Å². The topological polar surface area (TPSA) is 54.9 Å². The van der Waals surface area contributed by atoms with Gasteiger partial charge in [0.25, 0.3) is 0 Å². The van der Waals surface area contributed by atoms with Crippen LogP contribution in [0, 0.1) is 5.41 Å². The minimum atomic E-state index is -0.0560. The maximum atomic E-state index is 5.63. The number of halogens is 1. The smallest absolute Gasteiger partial charge is 0.191 e. The van der Waals surface area contributed by atoms with E-state index >= 15 is 0 Å². The minimum absolute atomic E-state index is 0.